The van der Waals surface area contributed by atoms with Crippen LogP contribution in [-0.4, -0.2) is 36.4 Å². The second-order valence-electron chi connectivity index (χ2n) is 20.8. The highest BCUT2D eigenvalue weighted by molar-refractivity contribution is 5.70. The fraction of sp³-hybridized carbons (Fsp3) is 0.662. The predicted molar refractivity (Wildman–Crippen MR) is 334 cm³/mol. The molecule has 0 spiro atoms. The molecule has 5 heteroatoms. The van der Waals surface area contributed by atoms with Crippen molar-refractivity contribution in [3.8, 4) is 0 Å². The molecule has 76 heavy (non-hydrogen) atoms. The highest BCUT2D eigenvalue weighted by atomic mass is 16.6. The zero-order valence-corrected chi connectivity index (χ0v) is 49.5. The van der Waals surface area contributed by atoms with Crippen molar-refractivity contribution in [3.63, 3.8) is 0 Å². The topological polar surface area (TPSA) is 72.8 Å². The smallest absolute Gasteiger partial charge is 0.306 e. The number of aliphatic hydroxyl groups excluding tert-OH is 1. The molecule has 0 aliphatic rings. The molecule has 0 aliphatic heterocycles. The summed E-state index contributed by atoms with van der Waals surface area (Å²) in [5.41, 5.74) is 0. The number of ether oxygens (including phenoxy) is 2. The molecule has 0 radical (unpaired) electrons. The maximum atomic E-state index is 12.3. The summed E-state index contributed by atoms with van der Waals surface area (Å²) in [7, 11) is 0. The van der Waals surface area contributed by atoms with Crippen molar-refractivity contribution < 1.29 is 24.2 Å². The summed E-state index contributed by atoms with van der Waals surface area (Å²) in [6.07, 6.45) is 97.3. The molecule has 0 aromatic carbocycles. The summed E-state index contributed by atoms with van der Waals surface area (Å²) < 4.78 is 10.7. The largest absolute Gasteiger partial charge is 0.462 e. The average molecular weight is 1050 g/mol. The van der Waals surface area contributed by atoms with E-state index in [0.717, 1.165) is 103 Å². The second kappa shape index (κ2) is 65.3. The van der Waals surface area contributed by atoms with Crippen molar-refractivity contribution in [1.29, 1.82) is 0 Å². The summed E-state index contributed by atoms with van der Waals surface area (Å²) >= 11 is 0. The van der Waals surface area contributed by atoms with Gasteiger partial charge in [0.05, 0.1) is 6.61 Å². The molecule has 1 unspecified atom stereocenters. The molecule has 5 nitrogen and oxygen atoms in total. The van der Waals surface area contributed by atoms with Crippen molar-refractivity contribution >= 4 is 11.9 Å². The normalized spacial score (nSPS) is 13.1. The Morgan fingerprint density at radius 2 is 0.566 bits per heavy atom. The number of rotatable bonds is 57. The van der Waals surface area contributed by atoms with Crippen LogP contribution in [-0.2, 0) is 19.1 Å². The van der Waals surface area contributed by atoms with E-state index in [2.05, 4.69) is 148 Å². The molecule has 1 N–H and O–H groups in total. The number of carbonyl (C=O) groups is 2. The number of hydrogen-bond donors (Lipinski definition) is 1. The van der Waals surface area contributed by atoms with Gasteiger partial charge in [-0.2, -0.15) is 0 Å². The van der Waals surface area contributed by atoms with Crippen molar-refractivity contribution in [3.05, 3.63) is 134 Å². The van der Waals surface area contributed by atoms with Crippen LogP contribution in [0.2, 0.25) is 0 Å². The predicted octanol–water partition coefficient (Wildman–Crippen LogP) is 22.0. The minimum absolute atomic E-state index is 0.0749. The summed E-state index contributed by atoms with van der Waals surface area (Å²) in [6, 6.07) is 0. The van der Waals surface area contributed by atoms with E-state index in [9.17, 15) is 14.7 Å². The quantitative estimate of drug-likeness (QED) is 0.0373. The van der Waals surface area contributed by atoms with Gasteiger partial charge in [-0.15, -0.1) is 0 Å². The zero-order valence-electron chi connectivity index (χ0n) is 49.5. The second-order valence-corrected chi connectivity index (χ2v) is 20.8. The van der Waals surface area contributed by atoms with Gasteiger partial charge >= 0.3 is 11.9 Å². The lowest BCUT2D eigenvalue weighted by atomic mass is 10.0. The van der Waals surface area contributed by atoms with E-state index in [0.29, 0.717) is 12.8 Å². The maximum absolute atomic E-state index is 12.3. The highest BCUT2D eigenvalue weighted by Gasteiger charge is 2.16. The van der Waals surface area contributed by atoms with Gasteiger partial charge in [0.2, 0.25) is 0 Å². The fourth-order valence-electron chi connectivity index (χ4n) is 8.70. The van der Waals surface area contributed by atoms with E-state index < -0.39 is 6.10 Å². The van der Waals surface area contributed by atoms with Crippen LogP contribution in [0.1, 0.15) is 284 Å². The highest BCUT2D eigenvalue weighted by Crippen LogP contribution is 2.16. The third-order valence-corrected chi connectivity index (χ3v) is 13.4. The first-order valence-corrected chi connectivity index (χ1v) is 31.7. The summed E-state index contributed by atoms with van der Waals surface area (Å²) in [5, 5.41) is 9.68. The van der Waals surface area contributed by atoms with Crippen LogP contribution in [0.25, 0.3) is 0 Å². The Bertz CT molecular complexity index is 1570. The van der Waals surface area contributed by atoms with E-state index in [1.165, 1.54) is 154 Å². The van der Waals surface area contributed by atoms with Crippen LogP contribution < -0.4 is 0 Å². The van der Waals surface area contributed by atoms with E-state index >= 15 is 0 Å². The monoisotopic (exact) mass is 1050 g/mol. The summed E-state index contributed by atoms with van der Waals surface area (Å²) in [5.74, 6) is -0.599. The van der Waals surface area contributed by atoms with Gasteiger partial charge in [-0.05, 0) is 116 Å². The average Bonchev–Trinajstić information content (AvgIpc) is 3.42. The molecule has 432 valence electrons. The first-order chi connectivity index (χ1) is 37.6. The molecule has 1 atom stereocenters. The molecule has 0 aromatic rings. The van der Waals surface area contributed by atoms with Crippen LogP contribution in [0.15, 0.2) is 134 Å². The molecule has 0 amide bonds. The Morgan fingerprint density at radius 1 is 0.316 bits per heavy atom. The lowest BCUT2D eigenvalue weighted by Crippen LogP contribution is -2.28. The number of unbranched alkanes of at least 4 members (excludes halogenated alkanes) is 27. The van der Waals surface area contributed by atoms with Gasteiger partial charge in [0.15, 0.2) is 6.10 Å². The Kier molecular flexibility index (Phi) is 61.9. The van der Waals surface area contributed by atoms with E-state index in [-0.39, 0.29) is 25.2 Å². The Labute approximate surface area is 470 Å². The van der Waals surface area contributed by atoms with Crippen molar-refractivity contribution in [2.45, 2.75) is 290 Å². The zero-order chi connectivity index (χ0) is 54.8. The third-order valence-electron chi connectivity index (χ3n) is 13.4. The van der Waals surface area contributed by atoms with Gasteiger partial charge in [-0.1, -0.05) is 289 Å². The number of carbonyl (C=O) groups excluding carboxylic acids is 2. The summed E-state index contributed by atoms with van der Waals surface area (Å²) in [4.78, 5) is 24.6. The van der Waals surface area contributed by atoms with Crippen LogP contribution in [0.3, 0.4) is 0 Å². The van der Waals surface area contributed by atoms with Gasteiger partial charge in [-0.3, -0.25) is 9.59 Å². The first-order valence-electron chi connectivity index (χ1n) is 31.7. The molecular formula is C71H118O5. The molecule has 0 rings (SSSR count). The van der Waals surface area contributed by atoms with Crippen molar-refractivity contribution in [1.82, 2.24) is 0 Å². The van der Waals surface area contributed by atoms with Gasteiger partial charge in [0.25, 0.3) is 0 Å². The molecule has 0 fully saturated rings. The van der Waals surface area contributed by atoms with E-state index in [1.807, 2.05) is 0 Å². The Hall–Kier alpha value is -3.96. The molecule has 0 saturated carbocycles. The van der Waals surface area contributed by atoms with Crippen LogP contribution >= 0.6 is 0 Å². The number of aliphatic hydroxyl groups is 1. The SMILES string of the molecule is CC/C=C\C/C=C\C/C=C\C/C=C\C/C=C\C/C=C\C/C=C\C/C=C\CCCCCCCCCCCCCCCCC(=O)OC(CO)COC(=O)CCCCCCCCCC/C=C\C/C=C\C/C=C\CCCCCCC. The van der Waals surface area contributed by atoms with Crippen molar-refractivity contribution in [2.75, 3.05) is 13.2 Å². The fourth-order valence-corrected chi connectivity index (χ4v) is 8.70. The Balaban J connectivity index is 3.53. The molecule has 0 aliphatic carbocycles. The molecular weight excluding hydrogens is 933 g/mol. The lowest BCUT2D eigenvalue weighted by Gasteiger charge is -2.15. The number of allylic oxidation sites excluding steroid dienone is 22. The minimum Gasteiger partial charge on any atom is -0.462 e. The van der Waals surface area contributed by atoms with Crippen LogP contribution in [0.5, 0.6) is 0 Å². The van der Waals surface area contributed by atoms with Gasteiger partial charge in [-0.25, -0.2) is 0 Å². The lowest BCUT2D eigenvalue weighted by molar-refractivity contribution is -0.161. The molecule has 0 bridgehead atoms. The molecule has 0 aromatic heterocycles. The molecule has 0 saturated heterocycles. The molecule has 0 heterocycles. The third kappa shape index (κ3) is 62.6. The summed E-state index contributed by atoms with van der Waals surface area (Å²) in [6.45, 7) is 4.02. The standard InChI is InChI=1S/C71H118O5/c1-3-5-7-9-11-13-15-17-19-21-23-25-27-28-29-30-31-32-33-34-35-36-37-38-39-40-41-42-44-46-48-50-52-54-56-58-60-62-64-66-71(74)76-69(67-72)68-75-70(73)65-63-61-59-57-55-53-51-49-47-45-43-26-24-22-20-18-16-14-12-10-8-6-4-2/h5,7,11,13,16-19,22-25,28-29,31-32,34-35,37-38,43,45,69,72H,3-4,6,8-10,12,14-15,20-21,26-27,30,33,36,39-42,44,46-68H2,1-2H3/b7-5-,13-11-,18-16-,19-17-,24-22-,25-23-,29-28-,32-31-,35-34-,38-37-,45-43-. The van der Waals surface area contributed by atoms with Crippen LogP contribution in [0, 0.1) is 0 Å². The Morgan fingerprint density at radius 3 is 0.855 bits per heavy atom. The van der Waals surface area contributed by atoms with Gasteiger partial charge < -0.3 is 14.6 Å². The van der Waals surface area contributed by atoms with Crippen LogP contribution in [0.4, 0.5) is 0 Å². The van der Waals surface area contributed by atoms with E-state index in [1.54, 1.807) is 0 Å². The van der Waals surface area contributed by atoms with Gasteiger partial charge in [0.1, 0.15) is 6.61 Å². The van der Waals surface area contributed by atoms with Gasteiger partial charge in [0, 0.05) is 12.8 Å². The number of esters is 2. The van der Waals surface area contributed by atoms with E-state index in [4.69, 9.17) is 9.47 Å². The van der Waals surface area contributed by atoms with Crippen molar-refractivity contribution in [2.24, 2.45) is 0 Å². The minimum atomic E-state index is -0.784. The maximum Gasteiger partial charge on any atom is 0.306 e. The number of hydrogen-bond acceptors (Lipinski definition) is 5. The first kappa shape index (κ1) is 72.0.